The van der Waals surface area contributed by atoms with E-state index in [4.69, 9.17) is 5.11 Å². The van der Waals surface area contributed by atoms with E-state index >= 15 is 0 Å². The molecule has 0 bridgehead atoms. The first-order chi connectivity index (χ1) is 11.7. The molecule has 25 heavy (non-hydrogen) atoms. The minimum absolute atomic E-state index is 0.0457. The zero-order valence-electron chi connectivity index (χ0n) is 13.2. The van der Waals surface area contributed by atoms with E-state index in [9.17, 15) is 31.1 Å². The average Bonchev–Trinajstić information content (AvgIpc) is 3.02. The van der Waals surface area contributed by atoms with Crippen molar-refractivity contribution in [2.45, 2.75) is 24.3 Å². The van der Waals surface area contributed by atoms with Crippen LogP contribution in [-0.4, -0.2) is 42.3 Å². The van der Waals surface area contributed by atoms with Gasteiger partial charge in [0.05, 0.1) is 18.5 Å². The summed E-state index contributed by atoms with van der Waals surface area (Å²) < 4.78 is 73.7. The number of hydrogen-bond donors (Lipinski definition) is 1. The van der Waals surface area contributed by atoms with Crippen molar-refractivity contribution in [1.82, 2.24) is 0 Å². The van der Waals surface area contributed by atoms with Crippen molar-refractivity contribution >= 4 is 23.4 Å². The second-order valence-corrected chi connectivity index (χ2v) is 6.46. The Labute approximate surface area is 145 Å². The molecule has 0 amide bonds. The lowest BCUT2D eigenvalue weighted by Crippen LogP contribution is -2.21. The van der Waals surface area contributed by atoms with Crippen molar-refractivity contribution in [2.75, 3.05) is 30.9 Å². The number of halogens is 6. The Bertz CT molecular complexity index is 582. The van der Waals surface area contributed by atoms with Gasteiger partial charge in [-0.15, -0.1) is 11.8 Å². The van der Waals surface area contributed by atoms with E-state index in [2.05, 4.69) is 0 Å². The molecule has 1 fully saturated rings. The first-order valence-corrected chi connectivity index (χ1v) is 8.18. The van der Waals surface area contributed by atoms with Crippen LogP contribution < -0.4 is 4.90 Å². The van der Waals surface area contributed by atoms with Crippen LogP contribution in [0.5, 0.6) is 0 Å². The number of carboxylic acids is 1. The summed E-state index contributed by atoms with van der Waals surface area (Å²) in [6.45, 7) is 0.739. The molecule has 1 aromatic rings. The number of benzene rings is 1. The fraction of sp³-hybridized carbons (Fsp3) is 0.533. The largest absolute Gasteiger partial charge is 0.481 e. The molecule has 1 aliphatic heterocycles. The Hall–Kier alpha value is -1.58. The average molecular weight is 389 g/mol. The Morgan fingerprint density at radius 1 is 1.32 bits per heavy atom. The molecule has 0 aliphatic carbocycles. The first kappa shape index (κ1) is 21.5. The Morgan fingerprint density at radius 2 is 1.96 bits per heavy atom. The third-order valence-electron chi connectivity index (χ3n) is 3.47. The monoisotopic (exact) mass is 389 g/mol. The summed E-state index contributed by atoms with van der Waals surface area (Å²) in [5.41, 5.74) is -1.68. The predicted molar refractivity (Wildman–Crippen MR) is 84.1 cm³/mol. The number of aliphatic carboxylic acids is 1. The van der Waals surface area contributed by atoms with Crippen LogP contribution in [0.1, 0.15) is 24.0 Å². The maximum Gasteiger partial charge on any atom is 0.416 e. The second kappa shape index (κ2) is 9.21. The lowest BCUT2D eigenvalue weighted by atomic mass is 10.1. The SMILES string of the molecule is CF.O=C(O)CSC1CCN(c2cc(C(F)F)cc(C(F)(F)F)c2)C1. The third-order valence-corrected chi connectivity index (χ3v) is 4.74. The molecule has 0 spiro atoms. The summed E-state index contributed by atoms with van der Waals surface area (Å²) in [7, 11) is 0.500. The van der Waals surface area contributed by atoms with Gasteiger partial charge in [-0.05, 0) is 24.6 Å². The van der Waals surface area contributed by atoms with E-state index < -0.39 is 29.7 Å². The molecule has 0 saturated carbocycles. The summed E-state index contributed by atoms with van der Waals surface area (Å²) in [6.07, 6.45) is -7.09. The lowest BCUT2D eigenvalue weighted by Gasteiger charge is -2.21. The normalized spacial score (nSPS) is 17.4. The second-order valence-electron chi connectivity index (χ2n) is 5.17. The summed E-state index contributed by atoms with van der Waals surface area (Å²) in [6, 6.07) is 2.38. The molecule has 1 N–H and O–H groups in total. The van der Waals surface area contributed by atoms with Crippen LogP contribution in [0, 0.1) is 0 Å². The van der Waals surface area contributed by atoms with E-state index in [0.717, 1.165) is 12.1 Å². The number of nitrogens with zero attached hydrogens (tertiary/aromatic N) is 1. The number of carbonyl (C=O) groups is 1. The van der Waals surface area contributed by atoms with Gasteiger partial charge in [-0.3, -0.25) is 9.18 Å². The van der Waals surface area contributed by atoms with Gasteiger partial charge < -0.3 is 10.0 Å². The van der Waals surface area contributed by atoms with Crippen LogP contribution in [-0.2, 0) is 11.0 Å². The molecule has 142 valence electrons. The van der Waals surface area contributed by atoms with Crippen molar-refractivity contribution in [1.29, 1.82) is 0 Å². The highest BCUT2D eigenvalue weighted by Gasteiger charge is 2.33. The Kier molecular flexibility index (Phi) is 7.91. The van der Waals surface area contributed by atoms with Crippen LogP contribution in [0.25, 0.3) is 0 Å². The van der Waals surface area contributed by atoms with Crippen LogP contribution >= 0.6 is 11.8 Å². The molecule has 0 aromatic heterocycles. The highest BCUT2D eigenvalue weighted by Crippen LogP contribution is 2.37. The molecule has 3 nitrogen and oxygen atoms in total. The van der Waals surface area contributed by atoms with Gasteiger partial charge in [0.2, 0.25) is 0 Å². The van der Waals surface area contributed by atoms with Crippen molar-refractivity contribution in [2.24, 2.45) is 0 Å². The van der Waals surface area contributed by atoms with Crippen molar-refractivity contribution in [3.63, 3.8) is 0 Å². The highest BCUT2D eigenvalue weighted by molar-refractivity contribution is 8.00. The maximum atomic E-state index is 12.9. The van der Waals surface area contributed by atoms with Crippen molar-refractivity contribution in [3.8, 4) is 0 Å². The summed E-state index contributed by atoms with van der Waals surface area (Å²) in [4.78, 5) is 12.1. The van der Waals surface area contributed by atoms with E-state index in [-0.39, 0.29) is 16.7 Å². The molecule has 1 saturated heterocycles. The molecule has 1 aromatic carbocycles. The minimum Gasteiger partial charge on any atom is -0.481 e. The summed E-state index contributed by atoms with van der Waals surface area (Å²) in [5, 5.41) is 8.59. The molecule has 1 aliphatic rings. The molecule has 10 heteroatoms. The van der Waals surface area contributed by atoms with Crippen LogP contribution in [0.4, 0.5) is 32.0 Å². The standard InChI is InChI=1S/C14H14F5NO2S.CH3F/c15-13(16)8-3-9(14(17,18)19)5-10(4-8)20-2-1-11(6-20)23-7-12(21)22;1-2/h3-5,11,13H,1-2,6-7H2,(H,21,22);1H3. The molecule has 1 unspecified atom stereocenters. The van der Waals surface area contributed by atoms with E-state index in [0.29, 0.717) is 32.8 Å². The molecule has 1 atom stereocenters. The summed E-state index contributed by atoms with van der Waals surface area (Å²) in [5.74, 6) is -1.06. The van der Waals surface area contributed by atoms with Crippen molar-refractivity contribution in [3.05, 3.63) is 29.3 Å². The third kappa shape index (κ3) is 6.33. The number of hydrogen-bond acceptors (Lipinski definition) is 3. The van der Waals surface area contributed by atoms with Gasteiger partial charge in [0.15, 0.2) is 0 Å². The van der Waals surface area contributed by atoms with E-state index in [1.807, 2.05) is 0 Å². The number of alkyl halides is 6. The van der Waals surface area contributed by atoms with Gasteiger partial charge in [0, 0.05) is 29.6 Å². The van der Waals surface area contributed by atoms with E-state index in [1.165, 1.54) is 11.8 Å². The van der Waals surface area contributed by atoms with Gasteiger partial charge in [-0.1, -0.05) is 0 Å². The zero-order valence-corrected chi connectivity index (χ0v) is 14.0. The fourth-order valence-electron chi connectivity index (χ4n) is 2.39. The zero-order chi connectivity index (χ0) is 19.2. The number of thioether (sulfide) groups is 1. The van der Waals surface area contributed by atoms with Gasteiger partial charge in [-0.25, -0.2) is 8.78 Å². The molecule has 0 radical (unpaired) electrons. The quantitative estimate of drug-likeness (QED) is 0.746. The first-order valence-electron chi connectivity index (χ1n) is 7.13. The van der Waals surface area contributed by atoms with E-state index in [1.54, 1.807) is 4.90 Å². The molecule has 2 rings (SSSR count). The van der Waals surface area contributed by atoms with Gasteiger partial charge in [0.1, 0.15) is 0 Å². The molecular weight excluding hydrogens is 372 g/mol. The molecule has 1 heterocycles. The Morgan fingerprint density at radius 3 is 2.48 bits per heavy atom. The topological polar surface area (TPSA) is 40.5 Å². The molecular formula is C15H17F6NO2S. The smallest absolute Gasteiger partial charge is 0.416 e. The lowest BCUT2D eigenvalue weighted by molar-refractivity contribution is -0.137. The van der Waals surface area contributed by atoms with Gasteiger partial charge in [0.25, 0.3) is 6.43 Å². The number of anilines is 1. The number of rotatable bonds is 5. The van der Waals surface area contributed by atoms with Crippen LogP contribution in [0.2, 0.25) is 0 Å². The highest BCUT2D eigenvalue weighted by atomic mass is 32.2. The number of carboxylic acid groups (broad SMARTS) is 1. The Balaban J connectivity index is 0.00000151. The maximum absolute atomic E-state index is 12.9. The summed E-state index contributed by atoms with van der Waals surface area (Å²) >= 11 is 1.20. The van der Waals surface area contributed by atoms with Crippen LogP contribution in [0.15, 0.2) is 18.2 Å². The van der Waals surface area contributed by atoms with Gasteiger partial charge in [-0.2, -0.15) is 13.2 Å². The predicted octanol–water partition coefficient (Wildman–Crippen LogP) is 4.63. The van der Waals surface area contributed by atoms with Crippen molar-refractivity contribution < 1.29 is 36.2 Å². The fourth-order valence-corrected chi connectivity index (χ4v) is 3.33. The van der Waals surface area contributed by atoms with Gasteiger partial charge >= 0.3 is 12.1 Å². The van der Waals surface area contributed by atoms with Crippen LogP contribution in [0.3, 0.4) is 0 Å². The minimum atomic E-state index is -4.70.